The second kappa shape index (κ2) is 18.2. The molecule has 0 saturated carbocycles. The quantitative estimate of drug-likeness (QED) is 0.0602. The third-order valence-corrected chi connectivity index (χ3v) is 10.4. The number of aryl methyl sites for hydroxylation is 1. The maximum atomic E-state index is 14.2. The van der Waals surface area contributed by atoms with E-state index in [1.165, 1.54) is 6.38 Å². The van der Waals surface area contributed by atoms with Crippen molar-refractivity contribution in [1.82, 2.24) is 4.98 Å². The van der Waals surface area contributed by atoms with Gasteiger partial charge in [0, 0.05) is 53.0 Å². The van der Waals surface area contributed by atoms with E-state index in [1.807, 2.05) is 71.0 Å². The number of aromatic nitrogens is 1. The average Bonchev–Trinajstić information content (AvgIpc) is 3.84. The van der Waals surface area contributed by atoms with Crippen LogP contribution in [0.3, 0.4) is 0 Å². The number of hydrogen-bond acceptors (Lipinski definition) is 11. The van der Waals surface area contributed by atoms with Crippen LogP contribution in [-0.4, -0.2) is 101 Å². The molecule has 4 aromatic carbocycles. The molecule has 0 aliphatic carbocycles. The molecular weight excluding hydrogens is 780 g/mol. The molecule has 3 heterocycles. The number of nitrogens with zero attached hydrogens (tertiary/aromatic N) is 1. The number of carbonyl (C=O) groups excluding carboxylic acids is 2. The Hall–Kier alpha value is -4.77. The summed E-state index contributed by atoms with van der Waals surface area (Å²) >= 11 is 4.64. The van der Waals surface area contributed by atoms with Gasteiger partial charge in [-0.05, 0) is 106 Å². The Bertz CT molecular complexity index is 2280. The Kier molecular flexibility index (Phi) is 13.5. The molecule has 14 nitrogen and oxygen atoms in total. The first kappa shape index (κ1) is 43.8. The van der Waals surface area contributed by atoms with Gasteiger partial charge in [0.25, 0.3) is 11.8 Å². The van der Waals surface area contributed by atoms with Crippen LogP contribution in [0.5, 0.6) is 11.5 Å². The van der Waals surface area contributed by atoms with Crippen molar-refractivity contribution in [3.05, 3.63) is 95.2 Å². The van der Waals surface area contributed by atoms with Crippen LogP contribution >= 0.6 is 11.6 Å². The van der Waals surface area contributed by atoms with Gasteiger partial charge in [-0.1, -0.05) is 18.2 Å². The van der Waals surface area contributed by atoms with E-state index in [0.29, 0.717) is 53.7 Å². The van der Waals surface area contributed by atoms with Crippen LogP contribution in [0.15, 0.2) is 72.8 Å². The largest absolute Gasteiger partial charge is 0.485 e. The van der Waals surface area contributed by atoms with Gasteiger partial charge < -0.3 is 54.3 Å². The van der Waals surface area contributed by atoms with Crippen molar-refractivity contribution in [3.63, 3.8) is 0 Å². The van der Waals surface area contributed by atoms with E-state index in [9.17, 15) is 24.9 Å². The number of aromatic amines is 1. The summed E-state index contributed by atoms with van der Waals surface area (Å²) in [5, 5.41) is 35.9. The summed E-state index contributed by atoms with van der Waals surface area (Å²) in [5.41, 5.74) is 3.63. The molecule has 59 heavy (non-hydrogen) atoms. The zero-order chi connectivity index (χ0) is 42.6. The van der Waals surface area contributed by atoms with Crippen molar-refractivity contribution in [3.8, 4) is 11.5 Å². The van der Waals surface area contributed by atoms with Gasteiger partial charge in [-0.2, -0.15) is 0 Å². The normalized spacial score (nSPS) is 19.3. The van der Waals surface area contributed by atoms with Gasteiger partial charge in [0.2, 0.25) is 6.29 Å². The molecule has 3 unspecified atom stereocenters. The predicted octanol–water partition coefficient (Wildman–Crippen LogP) is 5.99. The summed E-state index contributed by atoms with van der Waals surface area (Å²) in [6.07, 6.45) is -2.17. The van der Waals surface area contributed by atoms with Crippen LogP contribution in [0.1, 0.15) is 66.1 Å². The molecule has 1 fully saturated rings. The van der Waals surface area contributed by atoms with Crippen LogP contribution in [0, 0.1) is 6.92 Å². The smallest absolute Gasteiger partial charge is 0.274 e. The van der Waals surface area contributed by atoms with E-state index in [2.05, 4.69) is 21.9 Å². The number of benzene rings is 4. The lowest BCUT2D eigenvalue weighted by molar-refractivity contribution is -0.229. The highest BCUT2D eigenvalue weighted by molar-refractivity contribution is 6.15. The molecule has 2 aliphatic heterocycles. The number of ether oxygens (including phenoxy) is 4. The molecule has 2 amide bonds. The third kappa shape index (κ3) is 9.83. The number of aliphatic hydroxyl groups is 3. The van der Waals surface area contributed by atoms with Gasteiger partial charge in [0.15, 0.2) is 0 Å². The standard InChI is InChI=1S/C43H50N4O10.CH3Cl/c1-24-7-6-8-30-35(55-37-20-34(49)39(50)36(21-48)56-37)19-33-29(38(24)30)15-16-47(33)41(52)32-18-26-17-27(11-14-31(26)46-32)45-40(51)25-9-12-28(13-10-25)57-43(4,5)22-53-42(2,3)23-54-44;1-2/h6-14,17-19,34,36-37,39,46,48-50H,15-16,20-23,44H2,1-5H3,(H,45,51);1H3/t34?,36?,37-,39?;/m1./s1. The van der Waals surface area contributed by atoms with Gasteiger partial charge in [-0.25, -0.2) is 5.90 Å². The number of fused-ring (bicyclic) bond motifs is 4. The highest BCUT2D eigenvalue weighted by Crippen LogP contribution is 2.43. The maximum absolute atomic E-state index is 14.2. The number of carbonyl (C=O) groups is 2. The Morgan fingerprint density at radius 3 is 2.46 bits per heavy atom. The molecule has 5 aromatic rings. The highest BCUT2D eigenvalue weighted by atomic mass is 35.5. The SMILES string of the molecule is CCl.Cc1cccc2c(O[C@H]3CC(O)C(O)C(CO)O3)cc3c(c12)CCN3C(=O)c1cc2cc(NC(=O)c3ccc(OC(C)(C)COC(C)(C)CON)cc3)ccc2[nH]1. The van der Waals surface area contributed by atoms with Crippen LogP contribution in [0.2, 0.25) is 0 Å². The number of anilines is 2. The number of rotatable bonds is 13. The zero-order valence-electron chi connectivity index (χ0n) is 34.1. The summed E-state index contributed by atoms with van der Waals surface area (Å²) in [6, 6.07) is 21.7. The molecule has 316 valence electrons. The van der Waals surface area contributed by atoms with E-state index < -0.39 is 42.4 Å². The van der Waals surface area contributed by atoms with Crippen LogP contribution in [0.25, 0.3) is 21.7 Å². The average molecular weight is 833 g/mol. The molecule has 4 atom stereocenters. The first-order valence-corrected chi connectivity index (χ1v) is 20.1. The van der Waals surface area contributed by atoms with Crippen molar-refractivity contribution in [2.45, 2.75) is 83.3 Å². The van der Waals surface area contributed by atoms with Gasteiger partial charge in [-0.15, -0.1) is 11.6 Å². The second-order valence-corrected chi connectivity index (χ2v) is 16.0. The van der Waals surface area contributed by atoms with Crippen LogP contribution in [0.4, 0.5) is 11.4 Å². The fraction of sp³-hybridized carbons (Fsp3) is 0.409. The van der Waals surface area contributed by atoms with Gasteiger partial charge >= 0.3 is 0 Å². The third-order valence-electron chi connectivity index (χ3n) is 10.4. The first-order valence-electron chi connectivity index (χ1n) is 19.4. The summed E-state index contributed by atoms with van der Waals surface area (Å²) in [5.74, 6) is 5.72. The zero-order valence-corrected chi connectivity index (χ0v) is 34.8. The molecule has 1 saturated heterocycles. The Morgan fingerprint density at radius 2 is 1.75 bits per heavy atom. The second-order valence-electron chi connectivity index (χ2n) is 16.0. The maximum Gasteiger partial charge on any atom is 0.274 e. The molecular formula is C44H53ClN4O10. The minimum atomic E-state index is -1.23. The number of nitrogens with two attached hydrogens (primary N) is 1. The van der Waals surface area contributed by atoms with E-state index >= 15 is 0 Å². The molecule has 2 aliphatic rings. The van der Waals surface area contributed by atoms with E-state index in [0.717, 1.165) is 32.8 Å². The Labute approximate surface area is 348 Å². The lowest BCUT2D eigenvalue weighted by Gasteiger charge is -2.36. The van der Waals surface area contributed by atoms with Crippen molar-refractivity contribution >= 4 is 56.5 Å². The molecule has 0 radical (unpaired) electrons. The fourth-order valence-corrected chi connectivity index (χ4v) is 7.43. The molecule has 7 N–H and O–H groups in total. The molecule has 15 heteroatoms. The first-order chi connectivity index (χ1) is 28.1. The van der Waals surface area contributed by atoms with E-state index in [-0.39, 0.29) is 24.8 Å². The monoisotopic (exact) mass is 832 g/mol. The summed E-state index contributed by atoms with van der Waals surface area (Å²) in [7, 11) is 0. The van der Waals surface area contributed by atoms with Crippen molar-refractivity contribution in [2.24, 2.45) is 5.90 Å². The number of alkyl halides is 1. The van der Waals surface area contributed by atoms with Crippen molar-refractivity contribution in [2.75, 3.05) is 43.0 Å². The number of hydrogen-bond donors (Lipinski definition) is 6. The van der Waals surface area contributed by atoms with Crippen LogP contribution < -0.4 is 25.6 Å². The van der Waals surface area contributed by atoms with Crippen LogP contribution in [-0.2, 0) is 20.7 Å². The number of nitrogens with one attached hydrogen (secondary N) is 2. The molecule has 0 bridgehead atoms. The lowest BCUT2D eigenvalue weighted by Crippen LogP contribution is -2.51. The topological polar surface area (TPSA) is 198 Å². The predicted molar refractivity (Wildman–Crippen MR) is 226 cm³/mol. The summed E-state index contributed by atoms with van der Waals surface area (Å²) < 4.78 is 24.2. The number of amides is 2. The molecule has 0 spiro atoms. The Morgan fingerprint density at radius 1 is 1.00 bits per heavy atom. The van der Waals surface area contributed by atoms with E-state index in [4.69, 9.17) is 29.7 Å². The number of halogens is 1. The number of H-pyrrole nitrogens is 1. The van der Waals surface area contributed by atoms with Crippen molar-refractivity contribution < 1.29 is 48.7 Å². The molecule has 1 aromatic heterocycles. The van der Waals surface area contributed by atoms with Gasteiger partial charge in [-0.3, -0.25) is 9.59 Å². The molecule has 7 rings (SSSR count). The summed E-state index contributed by atoms with van der Waals surface area (Å²) in [4.78, 5) is 37.1. The minimum Gasteiger partial charge on any atom is -0.485 e. The van der Waals surface area contributed by atoms with Gasteiger partial charge in [0.05, 0.1) is 37.2 Å². The van der Waals surface area contributed by atoms with Crippen molar-refractivity contribution in [1.29, 1.82) is 0 Å². The van der Waals surface area contributed by atoms with Gasteiger partial charge in [0.1, 0.15) is 35.0 Å². The minimum absolute atomic E-state index is 0.00448. The number of aliphatic hydroxyl groups excluding tert-OH is 3. The summed E-state index contributed by atoms with van der Waals surface area (Å²) in [6.45, 7) is 10.1. The Balaban J connectivity index is 0.00000288. The highest BCUT2D eigenvalue weighted by Gasteiger charge is 2.38. The fourth-order valence-electron chi connectivity index (χ4n) is 7.43. The van der Waals surface area contributed by atoms with E-state index in [1.54, 1.807) is 41.3 Å². The lowest BCUT2D eigenvalue weighted by atomic mass is 9.97.